The maximum absolute atomic E-state index is 11.8. The van der Waals surface area contributed by atoms with Gasteiger partial charge in [-0.15, -0.1) is 0 Å². The molecule has 1 heterocycles. The summed E-state index contributed by atoms with van der Waals surface area (Å²) in [4.78, 5) is 11.8. The molecule has 1 saturated heterocycles. The van der Waals surface area contributed by atoms with Gasteiger partial charge >= 0.3 is 0 Å². The number of benzene rings is 1. The monoisotopic (exact) mass is 278 g/mol. The van der Waals surface area contributed by atoms with Gasteiger partial charge in [0.05, 0.1) is 0 Å². The summed E-state index contributed by atoms with van der Waals surface area (Å²) in [6, 6.07) is 7.70. The molecule has 1 unspecified atom stereocenters. The molecule has 0 radical (unpaired) electrons. The fraction of sp³-hybridized carbons (Fsp3) is 0.400. The van der Waals surface area contributed by atoms with Gasteiger partial charge in [0.1, 0.15) is 0 Å². The molecule has 3 nitrogen and oxygen atoms in total. The molecule has 1 fully saturated rings. The highest BCUT2D eigenvalue weighted by atomic mass is 35.5. The highest BCUT2D eigenvalue weighted by Gasteiger charge is 2.12. The molecule has 19 heavy (non-hydrogen) atoms. The number of carbonyl (C=O) groups excluding carboxylic acids is 1. The molecule has 0 aliphatic carbocycles. The third-order valence-electron chi connectivity index (χ3n) is 3.22. The van der Waals surface area contributed by atoms with Crippen molar-refractivity contribution < 1.29 is 4.79 Å². The number of halogens is 1. The van der Waals surface area contributed by atoms with Crippen molar-refractivity contribution in [2.45, 2.75) is 25.3 Å². The molecule has 1 aromatic rings. The van der Waals surface area contributed by atoms with Crippen LogP contribution in [0.3, 0.4) is 0 Å². The number of rotatable bonds is 3. The fourth-order valence-electron chi connectivity index (χ4n) is 2.16. The largest absolute Gasteiger partial charge is 0.350 e. The summed E-state index contributed by atoms with van der Waals surface area (Å²) in [5.41, 5.74) is 0.974. The zero-order valence-corrected chi connectivity index (χ0v) is 11.6. The van der Waals surface area contributed by atoms with E-state index in [0.29, 0.717) is 5.02 Å². The lowest BCUT2D eigenvalue weighted by Gasteiger charge is -2.14. The quantitative estimate of drug-likeness (QED) is 0.835. The molecule has 1 aromatic carbocycles. The normalized spacial score (nSPS) is 20.2. The van der Waals surface area contributed by atoms with Gasteiger partial charge in [-0.1, -0.05) is 23.7 Å². The van der Waals surface area contributed by atoms with E-state index < -0.39 is 0 Å². The standard InChI is InChI=1S/C15H19ClN2O/c16-13-6-3-12(4-7-13)5-8-15(19)18-14-2-1-10-17-11-9-14/h3-8,14,17H,1-2,9-11H2,(H,18,19)/b8-5+. The SMILES string of the molecule is O=C(/C=C/c1ccc(Cl)cc1)NC1CCCNCC1. The Kier molecular flexibility index (Phi) is 5.43. The Morgan fingerprint density at radius 1 is 1.26 bits per heavy atom. The first-order chi connectivity index (χ1) is 9.24. The van der Waals surface area contributed by atoms with E-state index in [0.717, 1.165) is 37.9 Å². The Bertz CT molecular complexity index is 434. The van der Waals surface area contributed by atoms with Gasteiger partial charge in [-0.2, -0.15) is 0 Å². The Morgan fingerprint density at radius 3 is 2.84 bits per heavy atom. The highest BCUT2D eigenvalue weighted by molar-refractivity contribution is 6.30. The first-order valence-electron chi connectivity index (χ1n) is 6.69. The Balaban J connectivity index is 1.84. The predicted molar refractivity (Wildman–Crippen MR) is 79.1 cm³/mol. The maximum Gasteiger partial charge on any atom is 0.244 e. The van der Waals surface area contributed by atoms with Crippen LogP contribution >= 0.6 is 11.6 Å². The van der Waals surface area contributed by atoms with E-state index in [2.05, 4.69) is 10.6 Å². The number of nitrogens with one attached hydrogen (secondary N) is 2. The molecule has 102 valence electrons. The van der Waals surface area contributed by atoms with Gasteiger partial charge in [-0.25, -0.2) is 0 Å². The van der Waals surface area contributed by atoms with Gasteiger partial charge < -0.3 is 10.6 Å². The molecule has 1 aliphatic heterocycles. The second kappa shape index (κ2) is 7.31. The highest BCUT2D eigenvalue weighted by Crippen LogP contribution is 2.10. The van der Waals surface area contributed by atoms with Crippen molar-refractivity contribution in [2.75, 3.05) is 13.1 Å². The lowest BCUT2D eigenvalue weighted by Crippen LogP contribution is -2.34. The molecule has 0 aromatic heterocycles. The summed E-state index contributed by atoms with van der Waals surface area (Å²) in [7, 11) is 0. The van der Waals surface area contributed by atoms with Crippen LogP contribution in [0.25, 0.3) is 6.08 Å². The van der Waals surface area contributed by atoms with E-state index in [1.165, 1.54) is 0 Å². The van der Waals surface area contributed by atoms with E-state index in [-0.39, 0.29) is 11.9 Å². The molecule has 1 aliphatic rings. The molecule has 0 saturated carbocycles. The van der Waals surface area contributed by atoms with Gasteiger partial charge in [0.2, 0.25) is 5.91 Å². The molecule has 1 amide bonds. The van der Waals surface area contributed by atoms with Crippen LogP contribution in [0.5, 0.6) is 0 Å². The third-order valence-corrected chi connectivity index (χ3v) is 3.47. The summed E-state index contributed by atoms with van der Waals surface area (Å²) in [6.07, 6.45) is 6.56. The maximum atomic E-state index is 11.8. The average molecular weight is 279 g/mol. The van der Waals surface area contributed by atoms with Crippen LogP contribution < -0.4 is 10.6 Å². The van der Waals surface area contributed by atoms with Crippen LogP contribution in [0.4, 0.5) is 0 Å². The lowest BCUT2D eigenvalue weighted by molar-refractivity contribution is -0.117. The van der Waals surface area contributed by atoms with Gasteiger partial charge in [-0.05, 0) is 56.1 Å². The summed E-state index contributed by atoms with van der Waals surface area (Å²) < 4.78 is 0. The predicted octanol–water partition coefficient (Wildman–Crippen LogP) is 2.61. The van der Waals surface area contributed by atoms with E-state index in [4.69, 9.17) is 11.6 Å². The van der Waals surface area contributed by atoms with Crippen LogP contribution in [0.1, 0.15) is 24.8 Å². The molecule has 1 atom stereocenters. The minimum absolute atomic E-state index is 0.0261. The van der Waals surface area contributed by atoms with Crippen molar-refractivity contribution in [3.05, 3.63) is 40.9 Å². The summed E-state index contributed by atoms with van der Waals surface area (Å²) in [5, 5.41) is 7.08. The molecule has 4 heteroatoms. The zero-order chi connectivity index (χ0) is 13.5. The Morgan fingerprint density at radius 2 is 2.05 bits per heavy atom. The van der Waals surface area contributed by atoms with Crippen molar-refractivity contribution in [2.24, 2.45) is 0 Å². The summed E-state index contributed by atoms with van der Waals surface area (Å²) in [5.74, 6) is -0.0261. The smallest absolute Gasteiger partial charge is 0.244 e. The first-order valence-corrected chi connectivity index (χ1v) is 7.07. The second-order valence-corrected chi connectivity index (χ2v) is 5.21. The number of hydrogen-bond donors (Lipinski definition) is 2. The van der Waals surface area contributed by atoms with Crippen molar-refractivity contribution in [3.63, 3.8) is 0 Å². The van der Waals surface area contributed by atoms with Crippen molar-refractivity contribution >= 4 is 23.6 Å². The number of carbonyl (C=O) groups is 1. The Hall–Kier alpha value is -1.32. The zero-order valence-electron chi connectivity index (χ0n) is 10.9. The molecule has 2 N–H and O–H groups in total. The molecular formula is C15H19ClN2O. The van der Waals surface area contributed by atoms with Crippen molar-refractivity contribution in [1.29, 1.82) is 0 Å². The van der Waals surface area contributed by atoms with Crippen LogP contribution in [0, 0.1) is 0 Å². The van der Waals surface area contributed by atoms with E-state index in [1.807, 2.05) is 24.3 Å². The second-order valence-electron chi connectivity index (χ2n) is 4.77. The van der Waals surface area contributed by atoms with Crippen LogP contribution in [-0.2, 0) is 4.79 Å². The summed E-state index contributed by atoms with van der Waals surface area (Å²) in [6.45, 7) is 2.03. The lowest BCUT2D eigenvalue weighted by atomic mass is 10.1. The first kappa shape index (κ1) is 14.1. The van der Waals surface area contributed by atoms with Crippen molar-refractivity contribution in [3.8, 4) is 0 Å². The van der Waals surface area contributed by atoms with E-state index >= 15 is 0 Å². The van der Waals surface area contributed by atoms with Crippen LogP contribution in [0.15, 0.2) is 30.3 Å². The Labute approximate surface area is 119 Å². The minimum Gasteiger partial charge on any atom is -0.350 e. The van der Waals surface area contributed by atoms with Gasteiger partial charge in [0, 0.05) is 17.1 Å². The number of amides is 1. The topological polar surface area (TPSA) is 41.1 Å². The third kappa shape index (κ3) is 5.05. The van der Waals surface area contributed by atoms with Crippen molar-refractivity contribution in [1.82, 2.24) is 10.6 Å². The minimum atomic E-state index is -0.0261. The molecular weight excluding hydrogens is 260 g/mol. The average Bonchev–Trinajstić information content (AvgIpc) is 2.67. The molecule has 2 rings (SSSR count). The summed E-state index contributed by atoms with van der Waals surface area (Å²) >= 11 is 5.81. The molecule has 0 spiro atoms. The van der Waals surface area contributed by atoms with Crippen LogP contribution in [0.2, 0.25) is 5.02 Å². The fourth-order valence-corrected chi connectivity index (χ4v) is 2.28. The van der Waals surface area contributed by atoms with Gasteiger partial charge in [0.15, 0.2) is 0 Å². The number of hydrogen-bond acceptors (Lipinski definition) is 2. The van der Waals surface area contributed by atoms with Gasteiger partial charge in [-0.3, -0.25) is 4.79 Å². The van der Waals surface area contributed by atoms with E-state index in [1.54, 1.807) is 12.2 Å². The molecule has 0 bridgehead atoms. The van der Waals surface area contributed by atoms with Gasteiger partial charge in [0.25, 0.3) is 0 Å². The van der Waals surface area contributed by atoms with E-state index in [9.17, 15) is 4.79 Å². The van der Waals surface area contributed by atoms with Crippen LogP contribution in [-0.4, -0.2) is 25.0 Å².